The molecule has 1 aromatic heterocycles. The van der Waals surface area contributed by atoms with Gasteiger partial charge in [-0.1, -0.05) is 19.1 Å². The topological polar surface area (TPSA) is 92.8 Å². The van der Waals surface area contributed by atoms with Gasteiger partial charge in [-0.05, 0) is 62.6 Å². The highest BCUT2D eigenvalue weighted by Gasteiger charge is 2.29. The molecule has 0 radical (unpaired) electrons. The van der Waals surface area contributed by atoms with Gasteiger partial charge in [0.15, 0.2) is 5.78 Å². The Labute approximate surface area is 199 Å². The van der Waals surface area contributed by atoms with E-state index >= 15 is 0 Å². The number of ketones is 1. The maximum absolute atomic E-state index is 13.1. The van der Waals surface area contributed by atoms with Crippen molar-refractivity contribution >= 4 is 38.1 Å². The zero-order chi connectivity index (χ0) is 23.6. The molecule has 0 bridgehead atoms. The van der Waals surface area contributed by atoms with Crippen LogP contribution in [0.15, 0.2) is 29.2 Å². The van der Waals surface area contributed by atoms with Crippen LogP contribution in [0.25, 0.3) is 0 Å². The average Bonchev–Trinajstić information content (AvgIpc) is 3.39. The number of ether oxygens (including phenoxy) is 1. The molecule has 1 fully saturated rings. The van der Waals surface area contributed by atoms with Crippen LogP contribution in [0.3, 0.4) is 0 Å². The smallest absolute Gasteiger partial charge is 0.341 e. The van der Waals surface area contributed by atoms with E-state index in [9.17, 15) is 18.0 Å². The Kier molecular flexibility index (Phi) is 7.21. The number of rotatable bonds is 8. The number of hydrogen-bond donors (Lipinski definition) is 1. The normalized spacial score (nSPS) is 17.0. The maximum Gasteiger partial charge on any atom is 0.341 e. The summed E-state index contributed by atoms with van der Waals surface area (Å²) in [7, 11) is -3.63. The minimum absolute atomic E-state index is 0.0312. The molecule has 9 heteroatoms. The lowest BCUT2D eigenvalue weighted by molar-refractivity contribution is 0.0526. The SMILES string of the molecule is CCOC(=O)c1c(NCC(=O)c2cccc(S(=O)(=O)N3CCC(C)CC3)c2)sc2c1CCC2. The van der Waals surface area contributed by atoms with Gasteiger partial charge in [0.05, 0.1) is 23.6 Å². The number of anilines is 1. The lowest BCUT2D eigenvalue weighted by Crippen LogP contribution is -2.37. The average molecular weight is 491 g/mol. The third-order valence-corrected chi connectivity index (χ3v) is 9.49. The van der Waals surface area contributed by atoms with Crippen LogP contribution in [0.1, 0.15) is 64.3 Å². The van der Waals surface area contributed by atoms with Crippen LogP contribution in [-0.4, -0.2) is 50.7 Å². The van der Waals surface area contributed by atoms with Crippen LogP contribution in [0, 0.1) is 5.92 Å². The zero-order valence-electron chi connectivity index (χ0n) is 19.1. The van der Waals surface area contributed by atoms with E-state index in [4.69, 9.17) is 4.74 Å². The van der Waals surface area contributed by atoms with Gasteiger partial charge in [0.1, 0.15) is 5.00 Å². The highest BCUT2D eigenvalue weighted by atomic mass is 32.2. The minimum Gasteiger partial charge on any atom is -0.462 e. The van der Waals surface area contributed by atoms with E-state index < -0.39 is 10.0 Å². The third-order valence-electron chi connectivity index (χ3n) is 6.35. The van der Waals surface area contributed by atoms with Gasteiger partial charge in [-0.3, -0.25) is 4.79 Å². The Morgan fingerprint density at radius 1 is 1.21 bits per heavy atom. The molecule has 7 nitrogen and oxygen atoms in total. The number of carbonyl (C=O) groups is 2. The number of nitrogens with one attached hydrogen (secondary N) is 1. The van der Waals surface area contributed by atoms with E-state index in [1.54, 1.807) is 25.1 Å². The fourth-order valence-electron chi connectivity index (χ4n) is 4.41. The van der Waals surface area contributed by atoms with Gasteiger partial charge in [-0.15, -0.1) is 11.3 Å². The molecule has 1 N–H and O–H groups in total. The van der Waals surface area contributed by atoms with E-state index in [-0.39, 0.29) is 23.2 Å². The molecule has 0 spiro atoms. The molecule has 2 heterocycles. The molecule has 0 unspecified atom stereocenters. The maximum atomic E-state index is 13.1. The number of carbonyl (C=O) groups excluding carboxylic acids is 2. The van der Waals surface area contributed by atoms with E-state index in [0.29, 0.717) is 41.7 Å². The van der Waals surface area contributed by atoms with E-state index in [1.165, 1.54) is 21.7 Å². The molecule has 1 aliphatic carbocycles. The summed E-state index contributed by atoms with van der Waals surface area (Å²) >= 11 is 1.50. The largest absolute Gasteiger partial charge is 0.462 e. The molecule has 4 rings (SSSR count). The number of thiophene rings is 1. The Bertz CT molecular complexity index is 1150. The van der Waals surface area contributed by atoms with Gasteiger partial charge in [-0.25, -0.2) is 13.2 Å². The molecule has 0 saturated carbocycles. The summed E-state index contributed by atoms with van der Waals surface area (Å²) in [4.78, 5) is 26.7. The highest BCUT2D eigenvalue weighted by Crippen LogP contribution is 2.39. The van der Waals surface area contributed by atoms with Crippen molar-refractivity contribution in [2.75, 3.05) is 31.6 Å². The first-order valence-electron chi connectivity index (χ1n) is 11.5. The van der Waals surface area contributed by atoms with Crippen molar-refractivity contribution < 1.29 is 22.7 Å². The predicted octanol–water partition coefficient (Wildman–Crippen LogP) is 4.13. The van der Waals surface area contributed by atoms with Crippen LogP contribution in [0.4, 0.5) is 5.00 Å². The quantitative estimate of drug-likeness (QED) is 0.442. The highest BCUT2D eigenvalue weighted by molar-refractivity contribution is 7.89. The van der Waals surface area contributed by atoms with Gasteiger partial charge >= 0.3 is 5.97 Å². The molecule has 1 aliphatic heterocycles. The van der Waals surface area contributed by atoms with Crippen molar-refractivity contribution in [2.24, 2.45) is 5.92 Å². The molecule has 0 atom stereocenters. The molecular weight excluding hydrogens is 460 g/mol. The Balaban J connectivity index is 1.49. The summed E-state index contributed by atoms with van der Waals surface area (Å²) in [6.07, 6.45) is 4.47. The molecule has 0 amide bonds. The van der Waals surface area contributed by atoms with Crippen molar-refractivity contribution in [3.8, 4) is 0 Å². The second-order valence-electron chi connectivity index (χ2n) is 8.67. The lowest BCUT2D eigenvalue weighted by Gasteiger charge is -2.29. The predicted molar refractivity (Wildman–Crippen MR) is 129 cm³/mol. The molecule has 33 heavy (non-hydrogen) atoms. The number of hydrogen-bond acceptors (Lipinski definition) is 7. The standard InChI is InChI=1S/C24H30N2O5S2/c1-3-31-24(28)22-19-8-5-9-21(19)32-23(22)25-15-20(27)17-6-4-7-18(14-17)33(29,30)26-12-10-16(2)11-13-26/h4,6-7,14,16,25H,3,5,8-13,15H2,1-2H3. The number of benzene rings is 1. The van der Waals surface area contributed by atoms with E-state index in [1.807, 2.05) is 0 Å². The zero-order valence-corrected chi connectivity index (χ0v) is 20.7. The molecular formula is C24H30N2O5S2. The molecule has 1 aromatic carbocycles. The first-order chi connectivity index (χ1) is 15.8. The van der Waals surface area contributed by atoms with Crippen LogP contribution in [0.5, 0.6) is 0 Å². The number of esters is 1. The summed E-state index contributed by atoms with van der Waals surface area (Å²) in [5.41, 5.74) is 1.89. The summed E-state index contributed by atoms with van der Waals surface area (Å²) in [5.74, 6) is -0.0768. The van der Waals surface area contributed by atoms with Crippen molar-refractivity contribution in [1.29, 1.82) is 0 Å². The summed E-state index contributed by atoms with van der Waals surface area (Å²) in [6, 6.07) is 6.23. The van der Waals surface area contributed by atoms with Gasteiger partial charge in [0.2, 0.25) is 10.0 Å². The number of Topliss-reactive ketones (excluding diaryl/α,β-unsaturated/α-hetero) is 1. The van der Waals surface area contributed by atoms with Gasteiger partial charge < -0.3 is 10.1 Å². The van der Waals surface area contributed by atoms with Gasteiger partial charge in [0, 0.05) is 23.5 Å². The number of nitrogens with zero attached hydrogens (tertiary/aromatic N) is 1. The lowest BCUT2D eigenvalue weighted by atomic mass is 10.0. The fourth-order valence-corrected chi connectivity index (χ4v) is 7.20. The van der Waals surface area contributed by atoms with Gasteiger partial charge in [-0.2, -0.15) is 4.31 Å². The first-order valence-corrected chi connectivity index (χ1v) is 13.8. The first kappa shape index (κ1) is 23.9. The summed E-state index contributed by atoms with van der Waals surface area (Å²) in [5, 5.41) is 3.77. The summed E-state index contributed by atoms with van der Waals surface area (Å²) < 4.78 is 32.9. The Morgan fingerprint density at radius 2 is 1.97 bits per heavy atom. The van der Waals surface area contributed by atoms with Crippen molar-refractivity contribution in [1.82, 2.24) is 4.31 Å². The van der Waals surface area contributed by atoms with Crippen molar-refractivity contribution in [3.05, 3.63) is 45.8 Å². The fraction of sp³-hybridized carbons (Fsp3) is 0.500. The minimum atomic E-state index is -3.63. The van der Waals surface area contributed by atoms with E-state index in [2.05, 4.69) is 12.2 Å². The number of aryl methyl sites for hydroxylation is 1. The number of fused-ring (bicyclic) bond motifs is 1. The summed E-state index contributed by atoms with van der Waals surface area (Å²) in [6.45, 7) is 5.17. The van der Waals surface area contributed by atoms with E-state index in [0.717, 1.165) is 42.5 Å². The third kappa shape index (κ3) is 5.00. The van der Waals surface area contributed by atoms with Crippen LogP contribution >= 0.6 is 11.3 Å². The Hall–Kier alpha value is -2.23. The number of piperidine rings is 1. The molecule has 2 aromatic rings. The van der Waals surface area contributed by atoms with Crippen LogP contribution in [-0.2, 0) is 27.6 Å². The molecule has 2 aliphatic rings. The van der Waals surface area contributed by atoms with Crippen LogP contribution in [0.2, 0.25) is 0 Å². The molecule has 1 saturated heterocycles. The van der Waals surface area contributed by atoms with Crippen LogP contribution < -0.4 is 5.32 Å². The second-order valence-corrected chi connectivity index (χ2v) is 11.7. The monoisotopic (exact) mass is 490 g/mol. The van der Waals surface area contributed by atoms with Crippen molar-refractivity contribution in [2.45, 2.75) is 50.8 Å². The second kappa shape index (κ2) is 9.95. The number of sulfonamides is 1. The van der Waals surface area contributed by atoms with Gasteiger partial charge in [0.25, 0.3) is 0 Å². The Morgan fingerprint density at radius 3 is 2.70 bits per heavy atom. The van der Waals surface area contributed by atoms with Crippen molar-refractivity contribution in [3.63, 3.8) is 0 Å². The molecule has 178 valence electrons.